The van der Waals surface area contributed by atoms with E-state index in [0.29, 0.717) is 36.5 Å². The summed E-state index contributed by atoms with van der Waals surface area (Å²) in [6.45, 7) is 7.48. The highest BCUT2D eigenvalue weighted by Gasteiger charge is 2.23. The summed E-state index contributed by atoms with van der Waals surface area (Å²) in [7, 11) is 1.87. The number of carbonyl (C=O) groups excluding carboxylic acids is 1. The van der Waals surface area contributed by atoms with Gasteiger partial charge in [0.25, 0.3) is 0 Å². The number of hydrogen-bond donors (Lipinski definition) is 1. The highest BCUT2D eigenvalue weighted by atomic mass is 16.1. The molecule has 1 fully saturated rings. The Kier molecular flexibility index (Phi) is 6.08. The number of fused-ring (bicyclic) bond motifs is 1. The number of ketones is 1. The van der Waals surface area contributed by atoms with Crippen molar-refractivity contribution in [3.05, 3.63) is 24.8 Å². The summed E-state index contributed by atoms with van der Waals surface area (Å²) in [5.41, 5.74) is 1.67. The monoisotopic (exact) mass is 410 g/mol. The first-order valence-electron chi connectivity index (χ1n) is 10.6. The summed E-state index contributed by atoms with van der Waals surface area (Å²) < 4.78 is 3.70. The number of aryl methyl sites for hydroxylation is 1. The number of Topliss-reactive ketones (excluding diaryl/α,β-unsaturated/α-hetero) is 1. The second-order valence-corrected chi connectivity index (χ2v) is 8.71. The van der Waals surface area contributed by atoms with E-state index in [4.69, 9.17) is 0 Å². The standard InChI is InChI=1S/C21H30N8O/c1-15(2)7-19(30)14-28-6-4-5-16(11-28)12-29-20-17(9-24-29)8-22-21(26-20)25-18-10-23-27(3)13-18/h8-10,13,15-16H,4-7,11-12,14H2,1-3H3,(H,22,25,26). The van der Waals surface area contributed by atoms with Gasteiger partial charge in [0.05, 0.1) is 30.0 Å². The van der Waals surface area contributed by atoms with Crippen molar-refractivity contribution >= 4 is 28.5 Å². The van der Waals surface area contributed by atoms with Gasteiger partial charge in [0.2, 0.25) is 5.95 Å². The number of aromatic nitrogens is 6. The topological polar surface area (TPSA) is 93.8 Å². The minimum absolute atomic E-state index is 0.342. The van der Waals surface area contributed by atoms with E-state index in [2.05, 4.69) is 44.2 Å². The van der Waals surface area contributed by atoms with Crippen LogP contribution in [0.3, 0.4) is 0 Å². The molecule has 0 bridgehead atoms. The first-order valence-corrected chi connectivity index (χ1v) is 10.6. The van der Waals surface area contributed by atoms with E-state index >= 15 is 0 Å². The molecule has 9 nitrogen and oxygen atoms in total. The molecule has 1 unspecified atom stereocenters. The van der Waals surface area contributed by atoms with Crippen molar-refractivity contribution in [3.8, 4) is 0 Å². The molecule has 4 heterocycles. The summed E-state index contributed by atoms with van der Waals surface area (Å²) in [6.07, 6.45) is 10.1. The Balaban J connectivity index is 1.42. The van der Waals surface area contributed by atoms with Crippen LogP contribution in [-0.4, -0.2) is 59.8 Å². The van der Waals surface area contributed by atoms with Crippen molar-refractivity contribution in [1.29, 1.82) is 0 Å². The molecule has 4 rings (SSSR count). The molecule has 30 heavy (non-hydrogen) atoms. The van der Waals surface area contributed by atoms with Crippen LogP contribution in [0.4, 0.5) is 11.6 Å². The van der Waals surface area contributed by atoms with E-state index in [0.717, 1.165) is 49.2 Å². The van der Waals surface area contributed by atoms with Crippen LogP contribution in [-0.2, 0) is 18.4 Å². The van der Waals surface area contributed by atoms with Crippen molar-refractivity contribution < 1.29 is 4.79 Å². The maximum absolute atomic E-state index is 12.2. The third-order valence-corrected chi connectivity index (χ3v) is 5.41. The van der Waals surface area contributed by atoms with Crippen molar-refractivity contribution in [2.45, 2.75) is 39.7 Å². The first kappa shape index (κ1) is 20.5. The minimum Gasteiger partial charge on any atom is -0.321 e. The quantitative estimate of drug-likeness (QED) is 0.610. The Morgan fingerprint density at radius 3 is 2.90 bits per heavy atom. The largest absolute Gasteiger partial charge is 0.321 e. The summed E-state index contributed by atoms with van der Waals surface area (Å²) in [5.74, 6) is 1.75. The van der Waals surface area contributed by atoms with Crippen LogP contribution in [0, 0.1) is 11.8 Å². The predicted molar refractivity (Wildman–Crippen MR) is 115 cm³/mol. The lowest BCUT2D eigenvalue weighted by Gasteiger charge is -2.32. The maximum Gasteiger partial charge on any atom is 0.229 e. The van der Waals surface area contributed by atoms with Gasteiger partial charge in [0.15, 0.2) is 5.65 Å². The Labute approximate surface area is 176 Å². The average Bonchev–Trinajstić information content (AvgIpc) is 3.27. The van der Waals surface area contributed by atoms with Crippen molar-refractivity contribution in [3.63, 3.8) is 0 Å². The minimum atomic E-state index is 0.342. The van der Waals surface area contributed by atoms with Crippen LogP contribution < -0.4 is 5.32 Å². The zero-order valence-electron chi connectivity index (χ0n) is 18.0. The normalized spacial score (nSPS) is 17.7. The van der Waals surface area contributed by atoms with E-state index in [-0.39, 0.29) is 0 Å². The number of likely N-dealkylation sites (tertiary alicyclic amines) is 1. The summed E-state index contributed by atoms with van der Waals surface area (Å²) >= 11 is 0. The van der Waals surface area contributed by atoms with E-state index in [1.165, 1.54) is 0 Å². The fourth-order valence-corrected chi connectivity index (χ4v) is 4.13. The second-order valence-electron chi connectivity index (χ2n) is 8.71. The fourth-order valence-electron chi connectivity index (χ4n) is 4.13. The SMILES string of the molecule is CC(C)CC(=O)CN1CCCC(Cn2ncc3cnc(Nc4cnn(C)c4)nc32)C1. The van der Waals surface area contributed by atoms with E-state index in [9.17, 15) is 4.79 Å². The molecule has 1 aliphatic rings. The van der Waals surface area contributed by atoms with Gasteiger partial charge < -0.3 is 5.32 Å². The molecule has 160 valence electrons. The van der Waals surface area contributed by atoms with Crippen LogP contribution in [0.1, 0.15) is 33.1 Å². The number of carbonyl (C=O) groups is 1. The lowest BCUT2D eigenvalue weighted by atomic mass is 9.97. The zero-order valence-corrected chi connectivity index (χ0v) is 18.0. The highest BCUT2D eigenvalue weighted by Crippen LogP contribution is 2.21. The molecule has 3 aromatic rings. The third-order valence-electron chi connectivity index (χ3n) is 5.41. The van der Waals surface area contributed by atoms with Gasteiger partial charge >= 0.3 is 0 Å². The highest BCUT2D eigenvalue weighted by molar-refractivity contribution is 5.80. The Bertz CT molecular complexity index is 1010. The third kappa shape index (κ3) is 5.02. The van der Waals surface area contributed by atoms with E-state index in [1.54, 1.807) is 17.1 Å². The van der Waals surface area contributed by atoms with Gasteiger partial charge in [0, 0.05) is 39.0 Å². The predicted octanol–water partition coefficient (Wildman–Crippen LogP) is 2.63. The molecule has 0 saturated carbocycles. The molecular weight excluding hydrogens is 380 g/mol. The zero-order chi connectivity index (χ0) is 21.1. The molecule has 0 aliphatic carbocycles. The van der Waals surface area contributed by atoms with Crippen LogP contribution in [0.2, 0.25) is 0 Å². The molecule has 0 aromatic carbocycles. The molecular formula is C21H30N8O. The van der Waals surface area contributed by atoms with E-state index in [1.807, 2.05) is 24.1 Å². The van der Waals surface area contributed by atoms with Crippen molar-refractivity contribution in [2.24, 2.45) is 18.9 Å². The Morgan fingerprint density at radius 2 is 2.13 bits per heavy atom. The lowest BCUT2D eigenvalue weighted by molar-refractivity contribution is -0.121. The van der Waals surface area contributed by atoms with Crippen molar-refractivity contribution in [1.82, 2.24) is 34.4 Å². The molecule has 1 atom stereocenters. The van der Waals surface area contributed by atoms with Crippen molar-refractivity contribution in [2.75, 3.05) is 25.0 Å². The molecule has 3 aromatic heterocycles. The average molecular weight is 411 g/mol. The van der Waals surface area contributed by atoms with Crippen LogP contribution in [0.25, 0.3) is 11.0 Å². The fraction of sp³-hybridized carbons (Fsp3) is 0.571. The summed E-state index contributed by atoms with van der Waals surface area (Å²) in [5, 5.41) is 12.8. The molecule has 0 amide bonds. The van der Waals surface area contributed by atoms with Crippen LogP contribution in [0.5, 0.6) is 0 Å². The van der Waals surface area contributed by atoms with Gasteiger partial charge in [-0.3, -0.25) is 14.4 Å². The van der Waals surface area contributed by atoms with Gasteiger partial charge in [0.1, 0.15) is 5.78 Å². The molecule has 0 spiro atoms. The molecule has 1 N–H and O–H groups in total. The second kappa shape index (κ2) is 8.91. The van der Waals surface area contributed by atoms with Gasteiger partial charge in [-0.25, -0.2) is 9.67 Å². The number of hydrogen-bond acceptors (Lipinski definition) is 7. The van der Waals surface area contributed by atoms with Gasteiger partial charge in [-0.05, 0) is 31.2 Å². The van der Waals surface area contributed by atoms with Gasteiger partial charge in [-0.2, -0.15) is 15.2 Å². The van der Waals surface area contributed by atoms with Crippen LogP contribution in [0.15, 0.2) is 24.8 Å². The summed E-state index contributed by atoms with van der Waals surface area (Å²) in [4.78, 5) is 23.6. The maximum atomic E-state index is 12.2. The smallest absolute Gasteiger partial charge is 0.229 e. The number of rotatable bonds is 8. The first-order chi connectivity index (χ1) is 14.5. The number of nitrogens with one attached hydrogen (secondary N) is 1. The summed E-state index contributed by atoms with van der Waals surface area (Å²) in [6, 6.07) is 0. The van der Waals surface area contributed by atoms with E-state index < -0.39 is 0 Å². The molecule has 9 heteroatoms. The number of nitrogens with zero attached hydrogens (tertiary/aromatic N) is 7. The Morgan fingerprint density at radius 1 is 1.27 bits per heavy atom. The number of anilines is 2. The van der Waals surface area contributed by atoms with Gasteiger partial charge in [-0.1, -0.05) is 13.8 Å². The number of piperidine rings is 1. The lowest BCUT2D eigenvalue weighted by Crippen LogP contribution is -2.40. The molecule has 0 radical (unpaired) electrons. The Hall–Kier alpha value is -2.81. The molecule has 1 saturated heterocycles. The van der Waals surface area contributed by atoms with Gasteiger partial charge in [-0.15, -0.1) is 0 Å². The molecule has 1 aliphatic heterocycles. The van der Waals surface area contributed by atoms with Crippen LogP contribution >= 0.6 is 0 Å².